The molecule has 2 N–H and O–H groups in total. The van der Waals surface area contributed by atoms with Gasteiger partial charge in [0, 0.05) is 6.54 Å². The number of carbonyl (C=O) groups excluding carboxylic acids is 1. The Balaban J connectivity index is 1.92. The van der Waals surface area contributed by atoms with Crippen LogP contribution in [0.5, 0.6) is 0 Å². The van der Waals surface area contributed by atoms with Crippen LogP contribution in [-0.2, 0) is 9.53 Å². The molecule has 0 radical (unpaired) electrons. The Morgan fingerprint density at radius 1 is 1.29 bits per heavy atom. The van der Waals surface area contributed by atoms with Gasteiger partial charge in [-0.15, -0.1) is 0 Å². The molecule has 2 aliphatic carbocycles. The largest absolute Gasteiger partial charge is 0.462 e. The maximum absolute atomic E-state index is 11.9. The van der Waals surface area contributed by atoms with Crippen molar-refractivity contribution in [2.24, 2.45) is 11.1 Å². The molecule has 3 nitrogen and oxygen atoms in total. The summed E-state index contributed by atoms with van der Waals surface area (Å²) in [5.74, 6) is -0.0257. The molecule has 0 spiro atoms. The van der Waals surface area contributed by atoms with Crippen LogP contribution in [0.1, 0.15) is 44.9 Å². The average molecular weight is 197 g/mol. The molecule has 2 aliphatic rings. The number of ether oxygens (including phenoxy) is 1. The first-order valence-electron chi connectivity index (χ1n) is 5.68. The van der Waals surface area contributed by atoms with Crippen molar-refractivity contribution in [1.82, 2.24) is 0 Å². The van der Waals surface area contributed by atoms with E-state index in [4.69, 9.17) is 10.5 Å². The van der Waals surface area contributed by atoms with Gasteiger partial charge in [-0.2, -0.15) is 0 Å². The summed E-state index contributed by atoms with van der Waals surface area (Å²) in [6.45, 7) is 0.457. The number of nitrogens with two attached hydrogens (primary N) is 1. The zero-order valence-electron chi connectivity index (χ0n) is 8.63. The Morgan fingerprint density at radius 3 is 2.36 bits per heavy atom. The predicted octanol–water partition coefficient (Wildman–Crippen LogP) is 1.60. The minimum atomic E-state index is -0.324. The van der Waals surface area contributed by atoms with Crippen molar-refractivity contribution in [3.8, 4) is 0 Å². The van der Waals surface area contributed by atoms with E-state index in [2.05, 4.69) is 0 Å². The SMILES string of the molecule is NCC1(C(=O)OC2CCC2)CCCC1. The zero-order valence-corrected chi connectivity index (χ0v) is 8.63. The van der Waals surface area contributed by atoms with Crippen LogP contribution in [0.3, 0.4) is 0 Å². The van der Waals surface area contributed by atoms with E-state index in [1.54, 1.807) is 0 Å². The minimum absolute atomic E-state index is 0.0257. The summed E-state index contributed by atoms with van der Waals surface area (Å²) >= 11 is 0. The molecule has 3 heteroatoms. The van der Waals surface area contributed by atoms with E-state index in [1.807, 2.05) is 0 Å². The Kier molecular flexibility index (Phi) is 2.77. The van der Waals surface area contributed by atoms with Gasteiger partial charge in [0.15, 0.2) is 0 Å². The molecule has 0 aromatic carbocycles. The van der Waals surface area contributed by atoms with Crippen LogP contribution in [0, 0.1) is 5.41 Å². The third-order valence-corrected chi connectivity index (χ3v) is 3.71. The van der Waals surface area contributed by atoms with Gasteiger partial charge in [0.2, 0.25) is 0 Å². The molecular formula is C11H19NO2. The van der Waals surface area contributed by atoms with Crippen LogP contribution >= 0.6 is 0 Å². The molecule has 14 heavy (non-hydrogen) atoms. The smallest absolute Gasteiger partial charge is 0.313 e. The normalized spacial score (nSPS) is 25.8. The lowest BCUT2D eigenvalue weighted by atomic mass is 9.86. The van der Waals surface area contributed by atoms with E-state index in [0.29, 0.717) is 6.54 Å². The van der Waals surface area contributed by atoms with Crippen LogP contribution < -0.4 is 5.73 Å². The summed E-state index contributed by atoms with van der Waals surface area (Å²) in [6, 6.07) is 0. The summed E-state index contributed by atoms with van der Waals surface area (Å²) in [5, 5.41) is 0. The van der Waals surface area contributed by atoms with Crippen molar-refractivity contribution < 1.29 is 9.53 Å². The van der Waals surface area contributed by atoms with Gasteiger partial charge in [0.05, 0.1) is 5.41 Å². The molecule has 0 bridgehead atoms. The van der Waals surface area contributed by atoms with Gasteiger partial charge >= 0.3 is 5.97 Å². The summed E-state index contributed by atoms with van der Waals surface area (Å²) in [4.78, 5) is 11.9. The second-order valence-corrected chi connectivity index (χ2v) is 4.65. The van der Waals surface area contributed by atoms with Gasteiger partial charge in [-0.25, -0.2) is 0 Å². The molecule has 0 saturated heterocycles. The molecule has 80 valence electrons. The first-order valence-corrected chi connectivity index (χ1v) is 5.68. The Morgan fingerprint density at radius 2 is 1.93 bits per heavy atom. The molecule has 2 fully saturated rings. The van der Waals surface area contributed by atoms with Crippen molar-refractivity contribution in [1.29, 1.82) is 0 Å². The van der Waals surface area contributed by atoms with E-state index in [0.717, 1.165) is 38.5 Å². The molecule has 0 heterocycles. The highest BCUT2D eigenvalue weighted by atomic mass is 16.5. The second kappa shape index (κ2) is 3.89. The van der Waals surface area contributed by atoms with E-state index in [9.17, 15) is 4.79 Å². The van der Waals surface area contributed by atoms with Gasteiger partial charge in [-0.3, -0.25) is 4.79 Å². The zero-order chi connectivity index (χ0) is 10.0. The Labute approximate surface area is 85.0 Å². The van der Waals surface area contributed by atoms with E-state index in [1.165, 1.54) is 6.42 Å². The molecule has 2 saturated carbocycles. The van der Waals surface area contributed by atoms with Gasteiger partial charge < -0.3 is 10.5 Å². The highest BCUT2D eigenvalue weighted by Gasteiger charge is 2.42. The summed E-state index contributed by atoms with van der Waals surface area (Å²) in [6.07, 6.45) is 7.59. The monoisotopic (exact) mass is 197 g/mol. The van der Waals surface area contributed by atoms with Crippen LogP contribution in [0.25, 0.3) is 0 Å². The standard InChI is InChI=1S/C11H19NO2/c12-8-11(6-1-2-7-11)10(13)14-9-4-3-5-9/h9H,1-8,12H2. The highest BCUT2D eigenvalue weighted by molar-refractivity contribution is 5.77. The summed E-state index contributed by atoms with van der Waals surface area (Å²) in [5.41, 5.74) is 5.38. The summed E-state index contributed by atoms with van der Waals surface area (Å²) < 4.78 is 5.45. The lowest BCUT2D eigenvalue weighted by Gasteiger charge is -2.31. The topological polar surface area (TPSA) is 52.3 Å². The molecule has 2 rings (SSSR count). The number of rotatable bonds is 3. The third-order valence-electron chi connectivity index (χ3n) is 3.71. The van der Waals surface area contributed by atoms with Crippen LogP contribution in [0.15, 0.2) is 0 Å². The van der Waals surface area contributed by atoms with Gasteiger partial charge in [-0.05, 0) is 32.1 Å². The molecule has 0 amide bonds. The lowest BCUT2D eigenvalue weighted by Crippen LogP contribution is -2.40. The fourth-order valence-electron chi connectivity index (χ4n) is 2.31. The second-order valence-electron chi connectivity index (χ2n) is 4.65. The number of carbonyl (C=O) groups is 1. The molecule has 0 aliphatic heterocycles. The Hall–Kier alpha value is -0.570. The number of hydrogen-bond donors (Lipinski definition) is 1. The van der Waals surface area contributed by atoms with Crippen LogP contribution in [0.4, 0.5) is 0 Å². The molecule has 0 atom stereocenters. The van der Waals surface area contributed by atoms with Crippen molar-refractivity contribution in [2.45, 2.75) is 51.0 Å². The molecule has 0 aromatic heterocycles. The van der Waals surface area contributed by atoms with Crippen molar-refractivity contribution >= 4 is 5.97 Å². The molecule has 0 unspecified atom stereocenters. The van der Waals surface area contributed by atoms with Crippen LogP contribution in [0.2, 0.25) is 0 Å². The van der Waals surface area contributed by atoms with Crippen LogP contribution in [-0.4, -0.2) is 18.6 Å². The molecule has 0 aromatic rings. The number of esters is 1. The highest BCUT2D eigenvalue weighted by Crippen LogP contribution is 2.39. The van der Waals surface area contributed by atoms with Gasteiger partial charge in [-0.1, -0.05) is 12.8 Å². The Bertz CT molecular complexity index is 217. The van der Waals surface area contributed by atoms with Crippen molar-refractivity contribution in [3.63, 3.8) is 0 Å². The van der Waals surface area contributed by atoms with E-state index < -0.39 is 0 Å². The maximum Gasteiger partial charge on any atom is 0.313 e. The lowest BCUT2D eigenvalue weighted by molar-refractivity contribution is -0.164. The summed E-state index contributed by atoms with van der Waals surface area (Å²) in [7, 11) is 0. The van der Waals surface area contributed by atoms with Gasteiger partial charge in [0.25, 0.3) is 0 Å². The fourth-order valence-corrected chi connectivity index (χ4v) is 2.31. The van der Waals surface area contributed by atoms with Crippen molar-refractivity contribution in [3.05, 3.63) is 0 Å². The average Bonchev–Trinajstić information content (AvgIpc) is 2.60. The van der Waals surface area contributed by atoms with Crippen molar-refractivity contribution in [2.75, 3.05) is 6.54 Å². The first kappa shape index (κ1) is 9.97. The van der Waals surface area contributed by atoms with E-state index in [-0.39, 0.29) is 17.5 Å². The molecular weight excluding hydrogens is 178 g/mol. The first-order chi connectivity index (χ1) is 6.77. The van der Waals surface area contributed by atoms with E-state index >= 15 is 0 Å². The fraction of sp³-hybridized carbons (Fsp3) is 0.909. The predicted molar refractivity (Wildman–Crippen MR) is 53.7 cm³/mol. The minimum Gasteiger partial charge on any atom is -0.462 e. The number of hydrogen-bond acceptors (Lipinski definition) is 3. The quantitative estimate of drug-likeness (QED) is 0.699. The maximum atomic E-state index is 11.9. The van der Waals surface area contributed by atoms with Gasteiger partial charge in [0.1, 0.15) is 6.10 Å². The third kappa shape index (κ3) is 1.65.